The number of rotatable bonds is 4. The number of oxazole rings is 1. The number of amides is 5. The molecule has 0 saturated carbocycles. The van der Waals surface area contributed by atoms with E-state index in [0.29, 0.717) is 28.1 Å². The number of aromatic amines is 1. The molecule has 1 aromatic heterocycles. The van der Waals surface area contributed by atoms with Crippen LogP contribution >= 0.6 is 39.1 Å². The van der Waals surface area contributed by atoms with Crippen molar-refractivity contribution < 1.29 is 18.8 Å². The summed E-state index contributed by atoms with van der Waals surface area (Å²) in [7, 11) is 0. The topological polar surface area (TPSA) is 140 Å². The number of benzene rings is 4. The van der Waals surface area contributed by atoms with Crippen molar-refractivity contribution in [3.63, 3.8) is 0 Å². The van der Waals surface area contributed by atoms with E-state index in [0.717, 1.165) is 20.1 Å². The Hall–Kier alpha value is -4.78. The summed E-state index contributed by atoms with van der Waals surface area (Å²) in [4.78, 5) is 54.5. The minimum atomic E-state index is -0.762. The maximum Gasteiger partial charge on any atom is 0.417 e. The first-order chi connectivity index (χ1) is 21.0. The first-order valence-corrected chi connectivity index (χ1v) is 14.6. The van der Waals surface area contributed by atoms with Crippen LogP contribution in [0.5, 0.6) is 0 Å². The molecule has 5 amide bonds. The molecule has 5 aromatic rings. The number of hydrogen-bond donors (Lipinski definition) is 4. The summed E-state index contributed by atoms with van der Waals surface area (Å²) in [6, 6.07) is 17.9. The summed E-state index contributed by atoms with van der Waals surface area (Å²) in [5.74, 6) is -0.785. The molecule has 44 heavy (non-hydrogen) atoms. The highest BCUT2D eigenvalue weighted by molar-refractivity contribution is 9.10. The molecular formula is C30H21BrCl2N6O5. The van der Waals surface area contributed by atoms with E-state index >= 15 is 0 Å². The van der Waals surface area contributed by atoms with Crippen molar-refractivity contribution in [3.05, 3.63) is 109 Å². The van der Waals surface area contributed by atoms with Crippen molar-refractivity contribution in [1.29, 1.82) is 0 Å². The summed E-state index contributed by atoms with van der Waals surface area (Å²) < 4.78 is 5.90. The number of H-pyrrole nitrogens is 1. The first-order valence-electron chi connectivity index (χ1n) is 13.0. The number of aryl methyl sites for hydroxylation is 1. The minimum absolute atomic E-state index is 0.145. The number of nitrogens with zero attached hydrogens (tertiary/aromatic N) is 2. The van der Waals surface area contributed by atoms with Crippen molar-refractivity contribution in [3.8, 4) is 0 Å². The Labute approximate surface area is 267 Å². The Kier molecular flexibility index (Phi) is 7.80. The molecule has 0 bridgehead atoms. The van der Waals surface area contributed by atoms with E-state index in [4.69, 9.17) is 27.6 Å². The maximum absolute atomic E-state index is 14.2. The maximum atomic E-state index is 14.2. The molecule has 0 radical (unpaired) electrons. The number of carbonyl (C=O) groups is 3. The summed E-state index contributed by atoms with van der Waals surface area (Å²) in [6.45, 7) is 1.79. The lowest BCUT2D eigenvalue weighted by Crippen LogP contribution is -2.54. The van der Waals surface area contributed by atoms with Crippen molar-refractivity contribution in [1.82, 2.24) is 4.98 Å². The van der Waals surface area contributed by atoms with Gasteiger partial charge in [-0.3, -0.25) is 9.78 Å². The lowest BCUT2D eigenvalue weighted by Gasteiger charge is -2.35. The van der Waals surface area contributed by atoms with Gasteiger partial charge in [0.1, 0.15) is 0 Å². The summed E-state index contributed by atoms with van der Waals surface area (Å²) in [6.07, 6.45) is 0.176. The van der Waals surface area contributed by atoms with E-state index in [1.165, 1.54) is 24.3 Å². The average Bonchev–Trinajstić information content (AvgIpc) is 3.51. The second-order valence-corrected chi connectivity index (χ2v) is 11.7. The Morgan fingerprint density at radius 3 is 2.27 bits per heavy atom. The molecule has 0 spiro atoms. The standard InChI is InChI=1S/C30H21BrCl2N6O5/c1-15-8-17(31)2-7-25(15)39(29(42)34-20-3-5-23-16(9-20)10-27(40)36-23)38(22-12-18(32)11-19(33)13-22)28(41)35-21-4-6-24-26(14-21)44-30(43)37-24/h2-9,11-14H,10H2,1H3,(H,34,42)(H,35,41)(H,36,40)(H,37,43). The minimum Gasteiger partial charge on any atom is -0.408 e. The van der Waals surface area contributed by atoms with Crippen LogP contribution in [0.15, 0.2) is 86.5 Å². The third-order valence-corrected chi connectivity index (χ3v) is 7.65. The molecule has 0 aliphatic carbocycles. The number of halogens is 3. The number of hydrogen-bond acceptors (Lipinski definition) is 5. The molecule has 4 aromatic carbocycles. The van der Waals surface area contributed by atoms with Crippen LogP contribution in [-0.4, -0.2) is 23.0 Å². The van der Waals surface area contributed by atoms with E-state index < -0.39 is 17.8 Å². The van der Waals surface area contributed by atoms with E-state index in [1.54, 1.807) is 55.5 Å². The molecule has 0 saturated heterocycles. The van der Waals surface area contributed by atoms with Crippen molar-refractivity contribution >= 4 is 96.6 Å². The molecule has 0 atom stereocenters. The SMILES string of the molecule is Cc1cc(Br)ccc1N(C(=O)Nc1ccc2c(c1)CC(=O)N2)N(C(=O)Nc1ccc2[nH]c(=O)oc2c1)c1cc(Cl)cc(Cl)c1. The van der Waals surface area contributed by atoms with E-state index in [9.17, 15) is 19.2 Å². The van der Waals surface area contributed by atoms with Crippen molar-refractivity contribution in [2.75, 3.05) is 26.0 Å². The number of nitrogens with one attached hydrogen (secondary N) is 4. The summed E-state index contributed by atoms with van der Waals surface area (Å²) in [5.41, 5.74) is 3.95. The van der Waals surface area contributed by atoms with Gasteiger partial charge in [-0.05, 0) is 84.8 Å². The van der Waals surface area contributed by atoms with Crippen molar-refractivity contribution in [2.24, 2.45) is 0 Å². The van der Waals surface area contributed by atoms with Gasteiger partial charge in [-0.1, -0.05) is 39.1 Å². The van der Waals surface area contributed by atoms with Crippen LogP contribution in [0.4, 0.5) is 38.0 Å². The van der Waals surface area contributed by atoms with Gasteiger partial charge in [0.05, 0.1) is 23.3 Å². The van der Waals surface area contributed by atoms with Crippen LogP contribution in [0.1, 0.15) is 11.1 Å². The smallest absolute Gasteiger partial charge is 0.408 e. The van der Waals surface area contributed by atoms with Gasteiger partial charge in [0, 0.05) is 37.6 Å². The fourth-order valence-corrected chi connectivity index (χ4v) is 5.82. The highest BCUT2D eigenvalue weighted by Crippen LogP contribution is 2.33. The second-order valence-electron chi connectivity index (χ2n) is 9.86. The van der Waals surface area contributed by atoms with Gasteiger partial charge >= 0.3 is 17.8 Å². The van der Waals surface area contributed by atoms with Crippen LogP contribution in [0, 0.1) is 6.92 Å². The molecule has 1 aliphatic heterocycles. The average molecular weight is 696 g/mol. The molecule has 11 nitrogen and oxygen atoms in total. The third-order valence-electron chi connectivity index (χ3n) is 6.72. The normalized spacial score (nSPS) is 12.0. The molecule has 4 N–H and O–H groups in total. The fourth-order valence-electron chi connectivity index (χ4n) is 4.83. The van der Waals surface area contributed by atoms with Gasteiger partial charge in [-0.15, -0.1) is 0 Å². The third kappa shape index (κ3) is 6.00. The van der Waals surface area contributed by atoms with Gasteiger partial charge in [-0.2, -0.15) is 10.0 Å². The van der Waals surface area contributed by atoms with E-state index in [1.807, 2.05) is 0 Å². The summed E-state index contributed by atoms with van der Waals surface area (Å²) in [5, 5.41) is 11.1. The number of urea groups is 2. The van der Waals surface area contributed by atoms with E-state index in [-0.39, 0.29) is 39.3 Å². The number of carbonyl (C=O) groups excluding carboxylic acids is 3. The first kappa shape index (κ1) is 29.3. The monoisotopic (exact) mass is 694 g/mol. The Morgan fingerprint density at radius 2 is 1.55 bits per heavy atom. The number of hydrazine groups is 1. The fraction of sp³-hybridized carbons (Fsp3) is 0.0667. The van der Waals surface area contributed by atoms with E-state index in [2.05, 4.69) is 36.9 Å². The molecule has 2 heterocycles. The molecule has 0 fully saturated rings. The largest absolute Gasteiger partial charge is 0.417 e. The Bertz CT molecular complexity index is 2020. The number of anilines is 5. The zero-order valence-corrected chi connectivity index (χ0v) is 25.8. The van der Waals surface area contributed by atoms with Crippen molar-refractivity contribution in [2.45, 2.75) is 13.3 Å². The Balaban J connectivity index is 1.45. The predicted molar refractivity (Wildman–Crippen MR) is 174 cm³/mol. The Morgan fingerprint density at radius 1 is 0.864 bits per heavy atom. The highest BCUT2D eigenvalue weighted by atomic mass is 79.9. The van der Waals surface area contributed by atoms with Crippen LogP contribution in [-0.2, 0) is 11.2 Å². The molecule has 1 aliphatic rings. The van der Waals surface area contributed by atoms with Gasteiger partial charge in [-0.25, -0.2) is 14.4 Å². The lowest BCUT2D eigenvalue weighted by atomic mass is 10.1. The number of aromatic nitrogens is 1. The van der Waals surface area contributed by atoms with Crippen LogP contribution in [0.2, 0.25) is 10.0 Å². The molecule has 6 rings (SSSR count). The zero-order chi connectivity index (χ0) is 31.1. The van der Waals surface area contributed by atoms with Gasteiger partial charge in [0.15, 0.2) is 5.58 Å². The molecule has 222 valence electrons. The molecule has 0 unspecified atom stereocenters. The highest BCUT2D eigenvalue weighted by Gasteiger charge is 2.32. The molecular weight excluding hydrogens is 675 g/mol. The van der Waals surface area contributed by atoms with Gasteiger partial charge in [0.25, 0.3) is 0 Å². The molecule has 14 heteroatoms. The van der Waals surface area contributed by atoms with Gasteiger partial charge in [0.2, 0.25) is 5.91 Å². The zero-order valence-electron chi connectivity index (χ0n) is 22.7. The van der Waals surface area contributed by atoms with Crippen LogP contribution < -0.4 is 31.7 Å². The lowest BCUT2D eigenvalue weighted by molar-refractivity contribution is -0.115. The summed E-state index contributed by atoms with van der Waals surface area (Å²) >= 11 is 16.2. The van der Waals surface area contributed by atoms with Gasteiger partial charge < -0.3 is 20.4 Å². The van der Waals surface area contributed by atoms with Crippen LogP contribution in [0.25, 0.3) is 11.1 Å². The quantitative estimate of drug-likeness (QED) is 0.143. The predicted octanol–water partition coefficient (Wildman–Crippen LogP) is 7.69. The number of fused-ring (bicyclic) bond motifs is 2. The van der Waals surface area contributed by atoms with Crippen LogP contribution in [0.3, 0.4) is 0 Å². The second kappa shape index (κ2) is 11.7.